The minimum atomic E-state index is 0.343. The van der Waals surface area contributed by atoms with Crippen molar-refractivity contribution in [2.45, 2.75) is 19.9 Å². The molecule has 0 saturated heterocycles. The molecule has 0 atom stereocenters. The SMILES string of the molecule is CC(C)n1cnc2cc(Br)c(C=O)cc21. The van der Waals surface area contributed by atoms with Gasteiger partial charge in [0.1, 0.15) is 0 Å². The van der Waals surface area contributed by atoms with Crippen molar-refractivity contribution in [1.82, 2.24) is 9.55 Å². The van der Waals surface area contributed by atoms with Crippen molar-refractivity contribution in [3.8, 4) is 0 Å². The number of rotatable bonds is 2. The minimum Gasteiger partial charge on any atom is -0.328 e. The first-order valence-corrected chi connectivity index (χ1v) is 5.54. The molecule has 1 heterocycles. The van der Waals surface area contributed by atoms with E-state index in [-0.39, 0.29) is 0 Å². The standard InChI is InChI=1S/C11H11BrN2O/c1-7(2)14-6-13-10-4-9(12)8(5-15)3-11(10)14/h3-7H,1-2H3. The van der Waals surface area contributed by atoms with Gasteiger partial charge in [0.05, 0.1) is 17.4 Å². The fourth-order valence-corrected chi connectivity index (χ4v) is 1.99. The summed E-state index contributed by atoms with van der Waals surface area (Å²) < 4.78 is 2.84. The lowest BCUT2D eigenvalue weighted by Crippen LogP contribution is -1.98. The lowest BCUT2D eigenvalue weighted by molar-refractivity contribution is 0.112. The Morgan fingerprint density at radius 3 is 2.80 bits per heavy atom. The van der Waals surface area contributed by atoms with Crippen LogP contribution in [-0.2, 0) is 0 Å². The van der Waals surface area contributed by atoms with E-state index < -0.39 is 0 Å². The van der Waals surface area contributed by atoms with Gasteiger partial charge in [0.2, 0.25) is 0 Å². The van der Waals surface area contributed by atoms with E-state index in [1.807, 2.05) is 12.1 Å². The van der Waals surface area contributed by atoms with Crippen LogP contribution < -0.4 is 0 Å². The maximum Gasteiger partial charge on any atom is 0.151 e. The topological polar surface area (TPSA) is 34.9 Å². The summed E-state index contributed by atoms with van der Waals surface area (Å²) in [6, 6.07) is 4.08. The molecular formula is C11H11BrN2O. The highest BCUT2D eigenvalue weighted by Crippen LogP contribution is 2.24. The highest BCUT2D eigenvalue weighted by Gasteiger charge is 2.08. The number of hydrogen-bond acceptors (Lipinski definition) is 2. The number of benzene rings is 1. The zero-order valence-electron chi connectivity index (χ0n) is 8.57. The maximum atomic E-state index is 10.8. The molecular weight excluding hydrogens is 256 g/mol. The van der Waals surface area contributed by atoms with E-state index in [1.54, 1.807) is 6.33 Å². The molecule has 0 unspecified atom stereocenters. The Morgan fingerprint density at radius 2 is 2.20 bits per heavy atom. The first kappa shape index (κ1) is 10.4. The number of halogens is 1. The summed E-state index contributed by atoms with van der Waals surface area (Å²) in [5.41, 5.74) is 2.56. The van der Waals surface area contributed by atoms with Crippen LogP contribution in [0.1, 0.15) is 30.2 Å². The molecule has 0 N–H and O–H groups in total. The molecule has 1 aromatic carbocycles. The van der Waals surface area contributed by atoms with E-state index in [1.165, 1.54) is 0 Å². The van der Waals surface area contributed by atoms with E-state index in [9.17, 15) is 4.79 Å². The fraction of sp³-hybridized carbons (Fsp3) is 0.273. The smallest absolute Gasteiger partial charge is 0.151 e. The molecule has 0 fully saturated rings. The monoisotopic (exact) mass is 266 g/mol. The predicted molar refractivity (Wildman–Crippen MR) is 63.2 cm³/mol. The van der Waals surface area contributed by atoms with Crippen LogP contribution in [0, 0.1) is 0 Å². The molecule has 4 heteroatoms. The van der Waals surface area contributed by atoms with E-state index in [2.05, 4.69) is 39.3 Å². The molecule has 0 spiro atoms. The highest BCUT2D eigenvalue weighted by molar-refractivity contribution is 9.10. The van der Waals surface area contributed by atoms with E-state index in [4.69, 9.17) is 0 Å². The molecule has 1 aromatic heterocycles. The summed E-state index contributed by atoms with van der Waals surface area (Å²) in [5.74, 6) is 0. The van der Waals surface area contributed by atoms with Crippen LogP contribution >= 0.6 is 15.9 Å². The fourth-order valence-electron chi connectivity index (χ4n) is 1.57. The third kappa shape index (κ3) is 1.69. The van der Waals surface area contributed by atoms with Crippen molar-refractivity contribution in [2.24, 2.45) is 0 Å². The van der Waals surface area contributed by atoms with Crippen molar-refractivity contribution in [3.63, 3.8) is 0 Å². The Kier molecular flexibility index (Phi) is 2.61. The number of carbonyl (C=O) groups is 1. The summed E-state index contributed by atoms with van der Waals surface area (Å²) in [7, 11) is 0. The normalized spacial score (nSPS) is 11.2. The zero-order valence-corrected chi connectivity index (χ0v) is 10.2. The first-order chi connectivity index (χ1) is 7.13. The van der Waals surface area contributed by atoms with Crippen molar-refractivity contribution >= 4 is 33.2 Å². The number of aromatic nitrogens is 2. The summed E-state index contributed by atoms with van der Waals surface area (Å²) in [5, 5.41) is 0. The Labute approximate surface area is 96.2 Å². The summed E-state index contributed by atoms with van der Waals surface area (Å²) >= 11 is 3.34. The number of aldehydes is 1. The van der Waals surface area contributed by atoms with Crippen LogP contribution in [0.5, 0.6) is 0 Å². The lowest BCUT2D eigenvalue weighted by Gasteiger charge is -2.08. The van der Waals surface area contributed by atoms with Crippen LogP contribution in [0.3, 0.4) is 0 Å². The summed E-state index contributed by atoms with van der Waals surface area (Å²) in [4.78, 5) is 15.1. The number of imidazole rings is 1. The molecule has 3 nitrogen and oxygen atoms in total. The quantitative estimate of drug-likeness (QED) is 0.783. The van der Waals surface area contributed by atoms with Crippen molar-refractivity contribution in [1.29, 1.82) is 0 Å². The second-order valence-corrected chi connectivity index (χ2v) is 4.58. The average molecular weight is 267 g/mol. The van der Waals surface area contributed by atoms with Gasteiger partial charge in [-0.15, -0.1) is 0 Å². The molecule has 15 heavy (non-hydrogen) atoms. The van der Waals surface area contributed by atoms with Gasteiger partial charge in [-0.3, -0.25) is 4.79 Å². The van der Waals surface area contributed by atoms with Crippen molar-refractivity contribution in [3.05, 3.63) is 28.5 Å². The number of nitrogens with zero attached hydrogens (tertiary/aromatic N) is 2. The van der Waals surface area contributed by atoms with Gasteiger partial charge in [0, 0.05) is 16.1 Å². The Balaban J connectivity index is 2.74. The zero-order chi connectivity index (χ0) is 11.0. The van der Waals surface area contributed by atoms with Crippen LogP contribution in [-0.4, -0.2) is 15.8 Å². The minimum absolute atomic E-state index is 0.343. The van der Waals surface area contributed by atoms with Crippen LogP contribution in [0.25, 0.3) is 11.0 Å². The Bertz CT molecular complexity index is 517. The van der Waals surface area contributed by atoms with Gasteiger partial charge in [0.25, 0.3) is 0 Å². The van der Waals surface area contributed by atoms with E-state index in [0.29, 0.717) is 11.6 Å². The van der Waals surface area contributed by atoms with Crippen molar-refractivity contribution in [2.75, 3.05) is 0 Å². The molecule has 0 bridgehead atoms. The number of carbonyl (C=O) groups excluding carboxylic acids is 1. The predicted octanol–water partition coefficient (Wildman–Crippen LogP) is 3.19. The van der Waals surface area contributed by atoms with Gasteiger partial charge < -0.3 is 4.57 Å². The highest BCUT2D eigenvalue weighted by atomic mass is 79.9. The first-order valence-electron chi connectivity index (χ1n) is 4.74. The average Bonchev–Trinajstić information content (AvgIpc) is 2.59. The van der Waals surface area contributed by atoms with Crippen LogP contribution in [0.15, 0.2) is 22.9 Å². The lowest BCUT2D eigenvalue weighted by atomic mass is 10.2. The van der Waals surface area contributed by atoms with Gasteiger partial charge in [-0.2, -0.15) is 0 Å². The molecule has 2 aromatic rings. The van der Waals surface area contributed by atoms with E-state index >= 15 is 0 Å². The van der Waals surface area contributed by atoms with Gasteiger partial charge >= 0.3 is 0 Å². The number of hydrogen-bond donors (Lipinski definition) is 0. The van der Waals surface area contributed by atoms with Crippen molar-refractivity contribution < 1.29 is 4.79 Å². The van der Waals surface area contributed by atoms with Crippen LogP contribution in [0.4, 0.5) is 0 Å². The van der Waals surface area contributed by atoms with E-state index in [0.717, 1.165) is 21.8 Å². The second-order valence-electron chi connectivity index (χ2n) is 3.73. The molecule has 78 valence electrons. The third-order valence-electron chi connectivity index (χ3n) is 2.38. The van der Waals surface area contributed by atoms with Gasteiger partial charge in [0.15, 0.2) is 6.29 Å². The van der Waals surface area contributed by atoms with Crippen LogP contribution in [0.2, 0.25) is 0 Å². The Hall–Kier alpha value is -1.16. The molecule has 0 aliphatic carbocycles. The second kappa shape index (κ2) is 3.77. The van der Waals surface area contributed by atoms with Gasteiger partial charge in [-0.25, -0.2) is 4.98 Å². The maximum absolute atomic E-state index is 10.8. The summed E-state index contributed by atoms with van der Waals surface area (Å²) in [6.07, 6.45) is 2.65. The third-order valence-corrected chi connectivity index (χ3v) is 3.06. The molecule has 0 saturated carbocycles. The molecule has 0 radical (unpaired) electrons. The number of fused-ring (bicyclic) bond motifs is 1. The Morgan fingerprint density at radius 1 is 1.47 bits per heavy atom. The van der Waals surface area contributed by atoms with Gasteiger partial charge in [-0.05, 0) is 41.9 Å². The summed E-state index contributed by atoms with van der Waals surface area (Å²) in [6.45, 7) is 4.17. The van der Waals surface area contributed by atoms with Gasteiger partial charge in [-0.1, -0.05) is 0 Å². The molecule has 2 rings (SSSR count). The molecule has 0 aliphatic rings. The largest absolute Gasteiger partial charge is 0.328 e. The molecule has 0 aliphatic heterocycles. The molecule has 0 amide bonds.